The van der Waals surface area contributed by atoms with Crippen molar-refractivity contribution in [3.63, 3.8) is 0 Å². The number of nitrogens with zero attached hydrogens (tertiary/aromatic N) is 2. The number of amides is 2. The molecule has 246 valence electrons. The van der Waals surface area contributed by atoms with Crippen LogP contribution < -0.4 is 20.7 Å². The van der Waals surface area contributed by atoms with E-state index in [1.165, 1.54) is 12.1 Å². The minimum absolute atomic E-state index is 0.0848. The number of hydrogen-bond donors (Lipinski definition) is 3. The molecule has 0 bridgehead atoms. The number of ether oxygens (including phenoxy) is 1. The summed E-state index contributed by atoms with van der Waals surface area (Å²) in [6, 6.07) is 5.55. The Balaban J connectivity index is 1.61. The zero-order valence-corrected chi connectivity index (χ0v) is 26.6. The van der Waals surface area contributed by atoms with Gasteiger partial charge in [0.2, 0.25) is 11.9 Å². The van der Waals surface area contributed by atoms with Crippen molar-refractivity contribution in [1.29, 1.82) is 0 Å². The zero-order chi connectivity index (χ0) is 33.3. The molecule has 3 aromatic rings. The Morgan fingerprint density at radius 1 is 1.09 bits per heavy atom. The summed E-state index contributed by atoms with van der Waals surface area (Å²) in [5.41, 5.74) is 0.930. The van der Waals surface area contributed by atoms with Crippen LogP contribution >= 0.6 is 23.2 Å². The molecule has 0 unspecified atom stereocenters. The smallest absolute Gasteiger partial charge is 0.391 e. The number of rotatable bonds is 9. The van der Waals surface area contributed by atoms with Crippen LogP contribution in [-0.4, -0.2) is 46.6 Å². The number of carbonyl (C=O) groups excluding carboxylic acids is 2. The zero-order valence-electron chi connectivity index (χ0n) is 25.0. The molecule has 4 rings (SSSR count). The molecule has 15 heteroatoms. The van der Waals surface area contributed by atoms with Gasteiger partial charge in [-0.3, -0.25) is 9.59 Å². The van der Waals surface area contributed by atoms with Crippen LogP contribution in [0.1, 0.15) is 62.4 Å². The molecule has 1 heterocycles. The molecule has 0 atom stereocenters. The maximum Gasteiger partial charge on any atom is 0.391 e. The van der Waals surface area contributed by atoms with Crippen molar-refractivity contribution in [1.82, 2.24) is 20.2 Å². The summed E-state index contributed by atoms with van der Waals surface area (Å²) in [4.78, 5) is 30.2. The number of imidazole rings is 1. The van der Waals surface area contributed by atoms with Crippen molar-refractivity contribution >= 4 is 57.7 Å². The molecule has 0 aliphatic heterocycles. The SMILES string of the molecule is Cn1c(Nc2c(Cl)ccc(CNC(=O)C(C)(C)C)c2Cl)nc2cc(C(=O)N[C@H]3CC[C@H](C(F)(F)F)CC3)c(OCC(F)F)cc21. The van der Waals surface area contributed by atoms with Gasteiger partial charge in [0.15, 0.2) is 0 Å². The molecule has 0 spiro atoms. The highest BCUT2D eigenvalue weighted by atomic mass is 35.5. The van der Waals surface area contributed by atoms with Crippen LogP contribution in [0.4, 0.5) is 33.6 Å². The van der Waals surface area contributed by atoms with Gasteiger partial charge in [-0.05, 0) is 43.4 Å². The number of nitrogens with one attached hydrogen (secondary N) is 3. The lowest BCUT2D eigenvalue weighted by Crippen LogP contribution is -2.40. The van der Waals surface area contributed by atoms with E-state index in [2.05, 4.69) is 20.9 Å². The van der Waals surface area contributed by atoms with E-state index in [-0.39, 0.29) is 65.4 Å². The monoisotopic (exact) mass is 677 g/mol. The molecule has 8 nitrogen and oxygen atoms in total. The van der Waals surface area contributed by atoms with Crippen LogP contribution in [0.25, 0.3) is 11.0 Å². The van der Waals surface area contributed by atoms with Crippen LogP contribution in [0.15, 0.2) is 24.3 Å². The number of carbonyl (C=O) groups is 2. The largest absolute Gasteiger partial charge is 0.487 e. The van der Waals surface area contributed by atoms with Gasteiger partial charge in [-0.2, -0.15) is 13.2 Å². The molecule has 1 aliphatic rings. The third-order valence-corrected chi connectivity index (χ3v) is 8.39. The molecule has 3 N–H and O–H groups in total. The second kappa shape index (κ2) is 13.6. The van der Waals surface area contributed by atoms with Gasteiger partial charge in [0.05, 0.1) is 38.2 Å². The average Bonchev–Trinajstić information content (AvgIpc) is 3.26. The predicted octanol–water partition coefficient (Wildman–Crippen LogP) is 7.78. The lowest BCUT2D eigenvalue weighted by molar-refractivity contribution is -0.182. The number of alkyl halides is 5. The van der Waals surface area contributed by atoms with Gasteiger partial charge in [-0.1, -0.05) is 50.0 Å². The molecule has 45 heavy (non-hydrogen) atoms. The lowest BCUT2D eigenvalue weighted by atomic mass is 9.85. The highest BCUT2D eigenvalue weighted by molar-refractivity contribution is 6.39. The third kappa shape index (κ3) is 8.29. The van der Waals surface area contributed by atoms with Gasteiger partial charge in [-0.25, -0.2) is 13.8 Å². The maximum atomic E-state index is 13.3. The Bertz CT molecular complexity index is 1560. The third-order valence-electron chi connectivity index (χ3n) is 7.65. The average molecular weight is 679 g/mol. The van der Waals surface area contributed by atoms with Gasteiger partial charge in [0, 0.05) is 31.1 Å². The van der Waals surface area contributed by atoms with Crippen molar-refractivity contribution in [3.05, 3.63) is 45.4 Å². The molecular formula is C30H34Cl2F5N5O3. The Morgan fingerprint density at radius 2 is 1.76 bits per heavy atom. The highest BCUT2D eigenvalue weighted by Crippen LogP contribution is 2.39. The van der Waals surface area contributed by atoms with Crippen LogP contribution in [0.3, 0.4) is 0 Å². The second-order valence-corrected chi connectivity index (χ2v) is 12.8. The van der Waals surface area contributed by atoms with Gasteiger partial charge in [-0.15, -0.1) is 0 Å². The predicted molar refractivity (Wildman–Crippen MR) is 163 cm³/mol. The first-order valence-electron chi connectivity index (χ1n) is 14.3. The summed E-state index contributed by atoms with van der Waals surface area (Å²) in [5, 5.41) is 9.14. The Labute approximate surface area is 267 Å². The van der Waals surface area contributed by atoms with Crippen molar-refractivity contribution in [3.8, 4) is 5.75 Å². The first kappa shape index (κ1) is 34.6. The van der Waals surface area contributed by atoms with E-state index in [9.17, 15) is 31.5 Å². The van der Waals surface area contributed by atoms with Crippen molar-refractivity contribution in [2.45, 2.75) is 71.6 Å². The van der Waals surface area contributed by atoms with Crippen molar-refractivity contribution < 1.29 is 36.3 Å². The number of fused-ring (bicyclic) bond motifs is 1. The van der Waals surface area contributed by atoms with Crippen LogP contribution in [0, 0.1) is 11.3 Å². The number of halogens is 7. The minimum atomic E-state index is -4.29. The minimum Gasteiger partial charge on any atom is -0.487 e. The number of hydrogen-bond acceptors (Lipinski definition) is 5. The van der Waals surface area contributed by atoms with E-state index in [0.29, 0.717) is 22.3 Å². The Morgan fingerprint density at radius 3 is 2.36 bits per heavy atom. The topological polar surface area (TPSA) is 97.3 Å². The summed E-state index contributed by atoms with van der Waals surface area (Å²) in [5.74, 6) is -2.15. The van der Waals surface area contributed by atoms with Crippen LogP contribution in [-0.2, 0) is 18.4 Å². The molecule has 1 aromatic heterocycles. The quantitative estimate of drug-likeness (QED) is 0.201. The van der Waals surface area contributed by atoms with Crippen molar-refractivity contribution in [2.75, 3.05) is 11.9 Å². The Kier molecular flexibility index (Phi) is 10.4. The van der Waals surface area contributed by atoms with Crippen LogP contribution in [0.2, 0.25) is 10.0 Å². The second-order valence-electron chi connectivity index (χ2n) is 12.1. The lowest BCUT2D eigenvalue weighted by Gasteiger charge is -2.30. The van der Waals surface area contributed by atoms with Crippen LogP contribution in [0.5, 0.6) is 5.75 Å². The summed E-state index contributed by atoms with van der Waals surface area (Å²) in [6.45, 7) is 4.52. The molecular weight excluding hydrogens is 644 g/mol. The summed E-state index contributed by atoms with van der Waals surface area (Å²) < 4.78 is 72.2. The standard InChI is InChI=1S/C30H34Cl2F5N5O3/c1-29(2,3)27(44)38-13-15-5-10-19(31)25(24(15)32)41-28-40-20-11-18(22(45-14-23(33)34)12-21(20)42(28)4)26(43)39-17-8-6-16(7-9-17)30(35,36)37/h5,10-12,16-17,23H,6-9,13-14H2,1-4H3,(H,38,44)(H,39,43)(H,40,41)/t16-,17-. The normalized spacial score (nSPS) is 17.4. The van der Waals surface area contributed by atoms with Gasteiger partial charge in [0.1, 0.15) is 12.4 Å². The first-order valence-corrected chi connectivity index (χ1v) is 15.0. The van der Waals surface area contributed by atoms with E-state index in [0.717, 1.165) is 0 Å². The molecule has 1 fully saturated rings. The Hall–Kier alpha value is -3.32. The number of aryl methyl sites for hydroxylation is 1. The summed E-state index contributed by atoms with van der Waals surface area (Å²) in [6.07, 6.45) is -7.09. The van der Waals surface area contributed by atoms with E-state index in [4.69, 9.17) is 27.9 Å². The number of aromatic nitrogens is 2. The highest BCUT2D eigenvalue weighted by Gasteiger charge is 2.41. The van der Waals surface area contributed by atoms with E-state index in [1.807, 2.05) is 0 Å². The summed E-state index contributed by atoms with van der Waals surface area (Å²) in [7, 11) is 1.64. The fraction of sp³-hybridized carbons (Fsp3) is 0.500. The van der Waals surface area contributed by atoms with Gasteiger partial charge < -0.3 is 25.3 Å². The fourth-order valence-electron chi connectivity index (χ4n) is 5.01. The number of anilines is 2. The van der Waals surface area contributed by atoms with Crippen molar-refractivity contribution in [2.24, 2.45) is 18.4 Å². The molecule has 1 saturated carbocycles. The summed E-state index contributed by atoms with van der Waals surface area (Å²) >= 11 is 13.1. The number of benzene rings is 2. The molecule has 0 saturated heterocycles. The molecule has 1 aliphatic carbocycles. The molecule has 2 amide bonds. The fourth-order valence-corrected chi connectivity index (χ4v) is 5.54. The molecule has 2 aromatic carbocycles. The van der Waals surface area contributed by atoms with E-state index >= 15 is 0 Å². The van der Waals surface area contributed by atoms with E-state index in [1.54, 1.807) is 44.5 Å². The van der Waals surface area contributed by atoms with Gasteiger partial charge in [0.25, 0.3) is 12.3 Å². The van der Waals surface area contributed by atoms with E-state index < -0.39 is 42.5 Å². The first-order chi connectivity index (χ1) is 21.0. The maximum absolute atomic E-state index is 13.3. The molecule has 0 radical (unpaired) electrons. The van der Waals surface area contributed by atoms with Gasteiger partial charge >= 0.3 is 6.18 Å².